The minimum absolute atomic E-state index is 0.0155. The van der Waals surface area contributed by atoms with Crippen LogP contribution in [0.15, 0.2) is 36.4 Å². The summed E-state index contributed by atoms with van der Waals surface area (Å²) in [4.78, 5) is 23.9. The molecule has 2 aromatic carbocycles. The highest BCUT2D eigenvalue weighted by Gasteiger charge is 2.23. The zero-order valence-corrected chi connectivity index (χ0v) is 15.1. The van der Waals surface area contributed by atoms with E-state index < -0.39 is 18.5 Å². The molecule has 6 nitrogen and oxygen atoms in total. The fourth-order valence-corrected chi connectivity index (χ4v) is 2.93. The van der Waals surface area contributed by atoms with Crippen LogP contribution in [-0.2, 0) is 16.0 Å². The molecule has 8 heteroatoms. The number of anilines is 1. The van der Waals surface area contributed by atoms with Gasteiger partial charge >= 0.3 is 5.97 Å². The van der Waals surface area contributed by atoms with E-state index in [9.17, 15) is 9.59 Å². The van der Waals surface area contributed by atoms with Crippen molar-refractivity contribution in [3.63, 3.8) is 0 Å². The van der Waals surface area contributed by atoms with Gasteiger partial charge in [0.1, 0.15) is 11.9 Å². The summed E-state index contributed by atoms with van der Waals surface area (Å²) in [6.45, 7) is -0.113. The van der Waals surface area contributed by atoms with Crippen LogP contribution in [0.25, 0.3) is 0 Å². The van der Waals surface area contributed by atoms with E-state index in [1.54, 1.807) is 0 Å². The molecule has 2 aromatic rings. The number of hydrogen-bond acceptors (Lipinski definition) is 5. The highest BCUT2D eigenvalue weighted by molar-refractivity contribution is 6.44. The summed E-state index contributed by atoms with van der Waals surface area (Å²) in [7, 11) is 0. The average Bonchev–Trinajstić information content (AvgIpc) is 3.05. The fraction of sp³-hybridized carbons (Fsp3) is 0.222. The summed E-state index contributed by atoms with van der Waals surface area (Å²) in [5.41, 5.74) is 6.92. The Hall–Kier alpha value is -2.44. The number of carbonyl (C=O) groups is 2. The average molecular weight is 395 g/mol. The second kappa shape index (κ2) is 7.85. The molecule has 3 N–H and O–H groups in total. The van der Waals surface area contributed by atoms with E-state index >= 15 is 0 Å². The number of nitrogens with one attached hydrogen (secondary N) is 1. The summed E-state index contributed by atoms with van der Waals surface area (Å²) in [6, 6.07) is 10.5. The van der Waals surface area contributed by atoms with Gasteiger partial charge in [0, 0.05) is 6.42 Å². The van der Waals surface area contributed by atoms with Gasteiger partial charge in [-0.1, -0.05) is 41.4 Å². The Balaban J connectivity index is 1.46. The first-order valence-corrected chi connectivity index (χ1v) is 8.63. The normalized spacial score (nSPS) is 15.1. The quantitative estimate of drug-likeness (QED) is 0.600. The second-order valence-corrected chi connectivity index (χ2v) is 6.54. The number of nitrogen functional groups attached to an aromatic ring is 1. The highest BCUT2D eigenvalue weighted by atomic mass is 35.5. The lowest BCUT2D eigenvalue weighted by Crippen LogP contribution is -2.36. The Morgan fingerprint density at radius 1 is 1.23 bits per heavy atom. The number of hydrogen-bond donors (Lipinski definition) is 2. The van der Waals surface area contributed by atoms with Gasteiger partial charge in [0.15, 0.2) is 6.61 Å². The number of carbonyl (C=O) groups excluding carboxylic acids is 2. The van der Waals surface area contributed by atoms with Crippen LogP contribution in [0.2, 0.25) is 10.0 Å². The predicted octanol–water partition coefficient (Wildman–Crippen LogP) is 2.85. The zero-order chi connectivity index (χ0) is 18.7. The fourth-order valence-electron chi connectivity index (χ4n) is 2.60. The summed E-state index contributed by atoms with van der Waals surface area (Å²) in [5.74, 6) is -0.356. The molecule has 0 unspecified atom stereocenters. The lowest BCUT2D eigenvalue weighted by Gasteiger charge is -2.12. The largest absolute Gasteiger partial charge is 0.488 e. The molecule has 1 atom stereocenters. The van der Waals surface area contributed by atoms with Crippen LogP contribution in [0.4, 0.5) is 5.69 Å². The van der Waals surface area contributed by atoms with Crippen LogP contribution in [0.3, 0.4) is 0 Å². The van der Waals surface area contributed by atoms with Crippen LogP contribution in [-0.4, -0.2) is 31.1 Å². The topological polar surface area (TPSA) is 90.7 Å². The number of para-hydroxylation sites is 1. The molecule has 0 bridgehead atoms. The molecule has 1 aliphatic rings. The minimum Gasteiger partial charge on any atom is -0.488 e. The van der Waals surface area contributed by atoms with Crippen LogP contribution < -0.4 is 15.8 Å². The van der Waals surface area contributed by atoms with Gasteiger partial charge in [-0.05, 0) is 23.8 Å². The summed E-state index contributed by atoms with van der Waals surface area (Å²) in [5, 5.41) is 2.99. The van der Waals surface area contributed by atoms with Gasteiger partial charge < -0.3 is 20.5 Å². The number of nitrogens with two attached hydrogens (primary N) is 1. The number of esters is 1. The standard InChI is InChI=1S/C18H16Cl2N2O4/c19-13-6-5-12(17(21)16(13)20)18(24)25-9-15(23)22-8-11-7-10-3-1-2-4-14(10)26-11/h1-6,11H,7-9,21H2,(H,22,23)/t11-/m0/s1. The number of halogens is 2. The molecule has 0 spiro atoms. The van der Waals surface area contributed by atoms with Crippen LogP contribution in [0, 0.1) is 0 Å². The number of ether oxygens (including phenoxy) is 2. The van der Waals surface area contributed by atoms with E-state index in [-0.39, 0.29) is 27.4 Å². The van der Waals surface area contributed by atoms with E-state index in [1.165, 1.54) is 12.1 Å². The van der Waals surface area contributed by atoms with Crippen molar-refractivity contribution in [2.75, 3.05) is 18.9 Å². The Morgan fingerprint density at radius 2 is 2.00 bits per heavy atom. The molecule has 0 saturated heterocycles. The van der Waals surface area contributed by atoms with Crippen LogP contribution in [0.5, 0.6) is 5.75 Å². The Kier molecular flexibility index (Phi) is 5.54. The van der Waals surface area contributed by atoms with Crippen molar-refractivity contribution in [3.05, 3.63) is 57.6 Å². The van der Waals surface area contributed by atoms with E-state index in [0.29, 0.717) is 6.54 Å². The van der Waals surface area contributed by atoms with Gasteiger partial charge in [-0.2, -0.15) is 0 Å². The molecule has 0 fully saturated rings. The van der Waals surface area contributed by atoms with Gasteiger partial charge in [0.2, 0.25) is 0 Å². The first-order valence-electron chi connectivity index (χ1n) is 7.87. The maximum Gasteiger partial charge on any atom is 0.340 e. The minimum atomic E-state index is -0.749. The van der Waals surface area contributed by atoms with E-state index in [0.717, 1.165) is 17.7 Å². The van der Waals surface area contributed by atoms with Gasteiger partial charge in [-0.15, -0.1) is 0 Å². The maximum atomic E-state index is 12.0. The van der Waals surface area contributed by atoms with Gasteiger partial charge in [0.25, 0.3) is 5.91 Å². The van der Waals surface area contributed by atoms with Crippen molar-refractivity contribution >= 4 is 40.8 Å². The SMILES string of the molecule is Nc1c(C(=O)OCC(=O)NC[C@@H]2Cc3ccccc3O2)ccc(Cl)c1Cl. The number of fused-ring (bicyclic) bond motifs is 1. The molecule has 3 rings (SSSR count). The van der Waals surface area contributed by atoms with E-state index in [1.807, 2.05) is 24.3 Å². The number of rotatable bonds is 5. The van der Waals surface area contributed by atoms with E-state index in [2.05, 4.69) is 5.32 Å². The second-order valence-electron chi connectivity index (χ2n) is 5.75. The van der Waals surface area contributed by atoms with Crippen LogP contribution >= 0.6 is 23.2 Å². The maximum absolute atomic E-state index is 12.0. The summed E-state index contributed by atoms with van der Waals surface area (Å²) < 4.78 is 10.7. The van der Waals surface area contributed by atoms with E-state index in [4.69, 9.17) is 38.4 Å². The predicted molar refractivity (Wildman–Crippen MR) is 98.7 cm³/mol. The molecule has 136 valence electrons. The van der Waals surface area contributed by atoms with Gasteiger partial charge in [0.05, 0.1) is 27.8 Å². The monoisotopic (exact) mass is 394 g/mol. The highest BCUT2D eigenvalue weighted by Crippen LogP contribution is 2.31. The molecular weight excluding hydrogens is 379 g/mol. The van der Waals surface area contributed by atoms with Gasteiger partial charge in [-0.25, -0.2) is 4.79 Å². The molecule has 1 amide bonds. The third-order valence-corrected chi connectivity index (χ3v) is 4.75. The van der Waals surface area contributed by atoms with Crippen molar-refractivity contribution < 1.29 is 19.1 Å². The molecule has 1 aliphatic heterocycles. The summed E-state index contributed by atoms with van der Waals surface area (Å²) >= 11 is 11.7. The Morgan fingerprint density at radius 3 is 2.77 bits per heavy atom. The Labute approximate surface area is 160 Å². The van der Waals surface area contributed by atoms with Crippen molar-refractivity contribution in [1.29, 1.82) is 0 Å². The molecule has 26 heavy (non-hydrogen) atoms. The lowest BCUT2D eigenvalue weighted by molar-refractivity contribution is -0.124. The first kappa shape index (κ1) is 18.4. The molecule has 0 aromatic heterocycles. The molecular formula is C18H16Cl2N2O4. The zero-order valence-electron chi connectivity index (χ0n) is 13.6. The van der Waals surface area contributed by atoms with Crippen molar-refractivity contribution in [1.82, 2.24) is 5.32 Å². The van der Waals surface area contributed by atoms with Gasteiger partial charge in [-0.3, -0.25) is 4.79 Å². The third kappa shape index (κ3) is 4.03. The molecule has 0 radical (unpaired) electrons. The van der Waals surface area contributed by atoms with Crippen molar-refractivity contribution in [2.45, 2.75) is 12.5 Å². The third-order valence-electron chi connectivity index (χ3n) is 3.93. The molecule has 0 saturated carbocycles. The molecule has 1 heterocycles. The first-order chi connectivity index (χ1) is 12.5. The Bertz CT molecular complexity index is 832. The van der Waals surface area contributed by atoms with Crippen LogP contribution in [0.1, 0.15) is 15.9 Å². The van der Waals surface area contributed by atoms with Crippen molar-refractivity contribution in [2.24, 2.45) is 0 Å². The van der Waals surface area contributed by atoms with Crippen molar-refractivity contribution in [3.8, 4) is 5.75 Å². The smallest absolute Gasteiger partial charge is 0.340 e. The summed E-state index contributed by atoms with van der Waals surface area (Å²) in [6.07, 6.45) is 0.577. The number of benzene rings is 2. The lowest BCUT2D eigenvalue weighted by atomic mass is 10.1. The number of amides is 1. The molecule has 0 aliphatic carbocycles.